The van der Waals surface area contributed by atoms with Gasteiger partial charge in [0.25, 0.3) is 0 Å². The fraction of sp³-hybridized carbons (Fsp3) is 0.500. The molecule has 2 aliphatic heterocycles. The van der Waals surface area contributed by atoms with Crippen molar-refractivity contribution in [3.8, 4) is 5.75 Å². The van der Waals surface area contributed by atoms with Crippen LogP contribution in [0.4, 0.5) is 0 Å². The van der Waals surface area contributed by atoms with Crippen LogP contribution in [-0.2, 0) is 14.6 Å². The number of nitrogens with one attached hydrogen (secondary N) is 1. The lowest BCUT2D eigenvalue weighted by molar-refractivity contribution is -0.141. The molecule has 22 heavy (non-hydrogen) atoms. The van der Waals surface area contributed by atoms with Gasteiger partial charge in [-0.2, -0.15) is 0 Å². The molecule has 2 atom stereocenters. The number of sulfone groups is 1. The molecule has 2 heterocycles. The van der Waals surface area contributed by atoms with E-state index in [-0.39, 0.29) is 29.6 Å². The SMILES string of the molecule is O=C(O)C1CNC(c2ccc(OC3CS(=O)(=O)C3)c(Cl)c2)C1. The van der Waals surface area contributed by atoms with Gasteiger partial charge in [-0.05, 0) is 24.1 Å². The summed E-state index contributed by atoms with van der Waals surface area (Å²) in [5, 5.41) is 12.6. The Hall–Kier alpha value is -1.31. The maximum atomic E-state index is 11.1. The molecule has 0 saturated carbocycles. The lowest BCUT2D eigenvalue weighted by Gasteiger charge is -2.27. The summed E-state index contributed by atoms with van der Waals surface area (Å²) in [5.41, 5.74) is 0.905. The molecule has 2 N–H and O–H groups in total. The summed E-state index contributed by atoms with van der Waals surface area (Å²) in [4.78, 5) is 11.0. The first-order valence-electron chi connectivity index (χ1n) is 6.97. The van der Waals surface area contributed by atoms with Crippen molar-refractivity contribution in [3.05, 3.63) is 28.8 Å². The van der Waals surface area contributed by atoms with Crippen molar-refractivity contribution >= 4 is 27.4 Å². The van der Waals surface area contributed by atoms with Gasteiger partial charge in [0.15, 0.2) is 9.84 Å². The van der Waals surface area contributed by atoms with Gasteiger partial charge in [-0.15, -0.1) is 0 Å². The predicted octanol–water partition coefficient (Wildman–Crippen LogP) is 1.25. The third kappa shape index (κ3) is 3.21. The Morgan fingerprint density at radius 2 is 2.09 bits per heavy atom. The van der Waals surface area contributed by atoms with Crippen LogP contribution in [-0.4, -0.2) is 43.6 Å². The molecule has 2 saturated heterocycles. The summed E-state index contributed by atoms with van der Waals surface area (Å²) in [5.74, 6) is -0.685. The van der Waals surface area contributed by atoms with Crippen LogP contribution in [0, 0.1) is 5.92 Å². The second-order valence-electron chi connectivity index (χ2n) is 5.74. The number of ether oxygens (including phenoxy) is 1. The van der Waals surface area contributed by atoms with Gasteiger partial charge in [0.05, 0.1) is 22.4 Å². The number of rotatable bonds is 4. The maximum absolute atomic E-state index is 11.1. The Balaban J connectivity index is 1.66. The molecule has 3 rings (SSSR count). The zero-order valence-electron chi connectivity index (χ0n) is 11.7. The highest BCUT2D eigenvalue weighted by Gasteiger charge is 2.36. The normalized spacial score (nSPS) is 27.3. The van der Waals surface area contributed by atoms with Crippen molar-refractivity contribution < 1.29 is 23.1 Å². The van der Waals surface area contributed by atoms with Crippen molar-refractivity contribution in [2.45, 2.75) is 18.6 Å². The van der Waals surface area contributed by atoms with Gasteiger partial charge in [-0.3, -0.25) is 4.79 Å². The summed E-state index contributed by atoms with van der Waals surface area (Å²) >= 11 is 6.18. The van der Waals surface area contributed by atoms with Crippen LogP contribution in [0.15, 0.2) is 18.2 Å². The minimum atomic E-state index is -2.93. The summed E-state index contributed by atoms with van der Waals surface area (Å²) in [6.07, 6.45) is 0.182. The molecule has 0 aliphatic carbocycles. The smallest absolute Gasteiger partial charge is 0.307 e. The van der Waals surface area contributed by atoms with Gasteiger partial charge in [0.1, 0.15) is 11.9 Å². The molecule has 6 nitrogen and oxygen atoms in total. The fourth-order valence-corrected chi connectivity index (χ4v) is 4.18. The number of aliphatic carboxylic acids is 1. The molecule has 2 aliphatic rings. The molecular weight excluding hydrogens is 330 g/mol. The van der Waals surface area contributed by atoms with Crippen LogP contribution in [0.3, 0.4) is 0 Å². The molecule has 0 amide bonds. The zero-order valence-corrected chi connectivity index (χ0v) is 13.2. The molecular formula is C14H16ClNO5S. The number of benzene rings is 1. The Morgan fingerprint density at radius 3 is 2.64 bits per heavy atom. The summed E-state index contributed by atoms with van der Waals surface area (Å²) in [7, 11) is -2.93. The fourth-order valence-electron chi connectivity index (χ4n) is 2.77. The average molecular weight is 346 g/mol. The molecule has 1 aromatic carbocycles. The minimum Gasteiger partial charge on any atom is -0.487 e. The molecule has 1 aromatic rings. The van der Waals surface area contributed by atoms with Crippen molar-refractivity contribution in [1.29, 1.82) is 0 Å². The van der Waals surface area contributed by atoms with Crippen molar-refractivity contribution in [2.75, 3.05) is 18.1 Å². The Kier molecular flexibility index (Phi) is 4.05. The van der Waals surface area contributed by atoms with Gasteiger partial charge in [0.2, 0.25) is 0 Å². The summed E-state index contributed by atoms with van der Waals surface area (Å²) < 4.78 is 27.8. The molecule has 0 bridgehead atoms. The van der Waals surface area contributed by atoms with Crippen LogP contribution in [0.25, 0.3) is 0 Å². The maximum Gasteiger partial charge on any atom is 0.307 e. The highest BCUT2D eigenvalue weighted by Crippen LogP contribution is 2.34. The zero-order chi connectivity index (χ0) is 15.9. The van der Waals surface area contributed by atoms with E-state index in [0.717, 1.165) is 5.56 Å². The number of hydrogen-bond acceptors (Lipinski definition) is 5. The standard InChI is InChI=1S/C14H16ClNO5S/c15-11-3-8(12-4-9(5-16-12)14(17)18)1-2-13(11)21-10-6-22(19,20)7-10/h1-3,9-10,12,16H,4-7H2,(H,17,18). The highest BCUT2D eigenvalue weighted by molar-refractivity contribution is 7.92. The topological polar surface area (TPSA) is 92.7 Å². The number of carbonyl (C=O) groups is 1. The van der Waals surface area contributed by atoms with E-state index in [1.807, 2.05) is 6.07 Å². The third-order valence-electron chi connectivity index (χ3n) is 4.01. The van der Waals surface area contributed by atoms with Crippen LogP contribution in [0.2, 0.25) is 5.02 Å². The Bertz CT molecular complexity index is 693. The number of carboxylic acids is 1. The van der Waals surface area contributed by atoms with Crippen molar-refractivity contribution in [1.82, 2.24) is 5.32 Å². The molecule has 8 heteroatoms. The molecule has 2 unspecified atom stereocenters. The van der Waals surface area contributed by atoms with E-state index in [9.17, 15) is 13.2 Å². The molecule has 0 aromatic heterocycles. The monoisotopic (exact) mass is 345 g/mol. The Morgan fingerprint density at radius 1 is 1.36 bits per heavy atom. The van der Waals surface area contributed by atoms with Crippen LogP contribution in [0.1, 0.15) is 18.0 Å². The van der Waals surface area contributed by atoms with E-state index >= 15 is 0 Å². The number of halogens is 1. The van der Waals surface area contributed by atoms with E-state index in [4.69, 9.17) is 21.4 Å². The molecule has 120 valence electrons. The molecule has 0 radical (unpaired) electrons. The van der Waals surface area contributed by atoms with Crippen molar-refractivity contribution in [3.63, 3.8) is 0 Å². The summed E-state index contributed by atoms with van der Waals surface area (Å²) in [6, 6.07) is 5.23. The lowest BCUT2D eigenvalue weighted by atomic mass is 10.00. The van der Waals surface area contributed by atoms with E-state index in [0.29, 0.717) is 23.7 Å². The quantitative estimate of drug-likeness (QED) is 0.853. The summed E-state index contributed by atoms with van der Waals surface area (Å²) in [6.45, 7) is 0.440. The molecule has 2 fully saturated rings. The number of hydrogen-bond donors (Lipinski definition) is 2. The van der Waals surface area contributed by atoms with E-state index in [2.05, 4.69) is 5.32 Å². The Labute approximate surface area is 133 Å². The predicted molar refractivity (Wildman–Crippen MR) is 81.0 cm³/mol. The first-order chi connectivity index (χ1) is 10.3. The van der Waals surface area contributed by atoms with Crippen LogP contribution in [0.5, 0.6) is 5.75 Å². The largest absolute Gasteiger partial charge is 0.487 e. The van der Waals surface area contributed by atoms with Gasteiger partial charge >= 0.3 is 5.97 Å². The van der Waals surface area contributed by atoms with E-state index in [1.165, 1.54) is 0 Å². The van der Waals surface area contributed by atoms with E-state index < -0.39 is 15.8 Å². The van der Waals surface area contributed by atoms with E-state index in [1.54, 1.807) is 12.1 Å². The average Bonchev–Trinajstić information content (AvgIpc) is 2.88. The minimum absolute atomic E-state index is 0.0234. The first kappa shape index (κ1) is 15.6. The second kappa shape index (κ2) is 5.72. The highest BCUT2D eigenvalue weighted by atomic mass is 35.5. The van der Waals surface area contributed by atoms with Crippen molar-refractivity contribution in [2.24, 2.45) is 5.92 Å². The van der Waals surface area contributed by atoms with Crippen LogP contribution >= 0.6 is 11.6 Å². The van der Waals surface area contributed by atoms with Gasteiger partial charge in [0, 0.05) is 12.6 Å². The van der Waals surface area contributed by atoms with Gasteiger partial charge in [-0.1, -0.05) is 17.7 Å². The molecule has 0 spiro atoms. The van der Waals surface area contributed by atoms with Gasteiger partial charge in [-0.25, -0.2) is 8.42 Å². The van der Waals surface area contributed by atoms with Crippen LogP contribution < -0.4 is 10.1 Å². The second-order valence-corrected chi connectivity index (χ2v) is 8.30. The first-order valence-corrected chi connectivity index (χ1v) is 9.17. The third-order valence-corrected chi connectivity index (χ3v) is 6.07. The lowest BCUT2D eigenvalue weighted by Crippen LogP contribution is -2.45. The van der Waals surface area contributed by atoms with Gasteiger partial charge < -0.3 is 15.2 Å². The number of carboxylic acid groups (broad SMARTS) is 1.